The maximum absolute atomic E-state index is 11.8. The van der Waals surface area contributed by atoms with Gasteiger partial charge in [0.15, 0.2) is 0 Å². The summed E-state index contributed by atoms with van der Waals surface area (Å²) in [4.78, 5) is 23.5. The molecule has 0 aliphatic rings. The second-order valence-corrected chi connectivity index (χ2v) is 5.57. The zero-order valence-electron chi connectivity index (χ0n) is 13.1. The van der Waals surface area contributed by atoms with Gasteiger partial charge in [0.25, 0.3) is 5.91 Å². The molecule has 2 amide bonds. The Labute approximate surface area is 136 Å². The van der Waals surface area contributed by atoms with Crippen molar-refractivity contribution in [3.63, 3.8) is 0 Å². The molecular weight excluding hydrogens is 302 g/mol. The molecule has 0 aliphatic carbocycles. The van der Waals surface area contributed by atoms with Crippen molar-refractivity contribution in [2.75, 3.05) is 19.6 Å². The number of benzene rings is 1. The molecule has 0 heterocycles. The lowest BCUT2D eigenvalue weighted by molar-refractivity contribution is -0.121. The first-order valence-corrected chi connectivity index (χ1v) is 7.94. The molecule has 3 N–H and O–H groups in total. The number of carbonyl (C=O) groups excluding carboxylic acids is 2. The normalized spacial score (nSPS) is 11.8. The van der Waals surface area contributed by atoms with Crippen LogP contribution in [0.4, 0.5) is 0 Å². The van der Waals surface area contributed by atoms with Gasteiger partial charge >= 0.3 is 0 Å². The third-order valence-electron chi connectivity index (χ3n) is 3.13. The second-order valence-electron chi connectivity index (χ2n) is 5.13. The van der Waals surface area contributed by atoms with Crippen molar-refractivity contribution in [3.05, 3.63) is 34.9 Å². The summed E-state index contributed by atoms with van der Waals surface area (Å²) in [6.45, 7) is 6.02. The van der Waals surface area contributed by atoms with Gasteiger partial charge in [-0.1, -0.05) is 18.5 Å². The molecular formula is C16H24ClN3O2. The van der Waals surface area contributed by atoms with Crippen molar-refractivity contribution in [2.45, 2.75) is 32.7 Å². The molecule has 1 rings (SSSR count). The minimum absolute atomic E-state index is 0.00509. The summed E-state index contributed by atoms with van der Waals surface area (Å²) < 4.78 is 0. The van der Waals surface area contributed by atoms with Gasteiger partial charge in [0, 0.05) is 36.1 Å². The Kier molecular flexibility index (Phi) is 8.55. The van der Waals surface area contributed by atoms with Crippen LogP contribution < -0.4 is 16.0 Å². The lowest BCUT2D eigenvalue weighted by Crippen LogP contribution is -2.39. The monoisotopic (exact) mass is 325 g/mol. The van der Waals surface area contributed by atoms with Crippen LogP contribution in [0.25, 0.3) is 0 Å². The highest BCUT2D eigenvalue weighted by molar-refractivity contribution is 6.30. The minimum Gasteiger partial charge on any atom is -0.355 e. The van der Waals surface area contributed by atoms with Gasteiger partial charge in [-0.3, -0.25) is 9.59 Å². The second kappa shape index (κ2) is 10.2. The molecule has 1 aromatic carbocycles. The highest BCUT2D eigenvalue weighted by Gasteiger charge is 2.06. The molecule has 22 heavy (non-hydrogen) atoms. The van der Waals surface area contributed by atoms with Gasteiger partial charge in [0.1, 0.15) is 0 Å². The molecule has 1 aromatic rings. The lowest BCUT2D eigenvalue weighted by atomic mass is 10.2. The average molecular weight is 326 g/mol. The Bertz CT molecular complexity index is 477. The number of amides is 2. The van der Waals surface area contributed by atoms with Crippen molar-refractivity contribution < 1.29 is 9.59 Å². The molecule has 122 valence electrons. The van der Waals surface area contributed by atoms with E-state index in [0.29, 0.717) is 36.5 Å². The zero-order valence-corrected chi connectivity index (χ0v) is 13.9. The SMILES string of the molecule is CCN[C@H](C)CNC(=O)CCCNC(=O)c1ccc(Cl)cc1. The Morgan fingerprint density at radius 3 is 2.50 bits per heavy atom. The summed E-state index contributed by atoms with van der Waals surface area (Å²) in [7, 11) is 0. The maximum Gasteiger partial charge on any atom is 0.251 e. The van der Waals surface area contributed by atoms with E-state index in [4.69, 9.17) is 11.6 Å². The van der Waals surface area contributed by atoms with Crippen LogP contribution in [0.3, 0.4) is 0 Å². The minimum atomic E-state index is -0.155. The highest BCUT2D eigenvalue weighted by Crippen LogP contribution is 2.09. The number of rotatable bonds is 9. The molecule has 0 fully saturated rings. The van der Waals surface area contributed by atoms with Crippen LogP contribution in [0, 0.1) is 0 Å². The predicted molar refractivity (Wildman–Crippen MR) is 89.2 cm³/mol. The average Bonchev–Trinajstić information content (AvgIpc) is 2.50. The smallest absolute Gasteiger partial charge is 0.251 e. The molecule has 0 spiro atoms. The van der Waals surface area contributed by atoms with E-state index in [0.717, 1.165) is 6.54 Å². The fraction of sp³-hybridized carbons (Fsp3) is 0.500. The summed E-state index contributed by atoms with van der Waals surface area (Å²) in [5.41, 5.74) is 0.563. The largest absolute Gasteiger partial charge is 0.355 e. The number of hydrogen-bond acceptors (Lipinski definition) is 3. The topological polar surface area (TPSA) is 70.2 Å². The molecule has 0 aromatic heterocycles. The van der Waals surface area contributed by atoms with Crippen LogP contribution >= 0.6 is 11.6 Å². The summed E-state index contributed by atoms with van der Waals surface area (Å²) in [5.74, 6) is -0.150. The zero-order chi connectivity index (χ0) is 16.4. The molecule has 0 bridgehead atoms. The number of carbonyl (C=O) groups is 2. The molecule has 1 atom stereocenters. The third-order valence-corrected chi connectivity index (χ3v) is 3.38. The van der Waals surface area contributed by atoms with E-state index in [9.17, 15) is 9.59 Å². The van der Waals surface area contributed by atoms with E-state index in [1.54, 1.807) is 24.3 Å². The summed E-state index contributed by atoms with van der Waals surface area (Å²) in [6, 6.07) is 6.96. The molecule has 0 saturated heterocycles. The van der Waals surface area contributed by atoms with E-state index in [1.165, 1.54) is 0 Å². The van der Waals surface area contributed by atoms with Crippen molar-refractivity contribution in [2.24, 2.45) is 0 Å². The van der Waals surface area contributed by atoms with Crippen molar-refractivity contribution in [1.82, 2.24) is 16.0 Å². The summed E-state index contributed by atoms with van der Waals surface area (Å²) in [6.07, 6.45) is 1.01. The fourth-order valence-corrected chi connectivity index (χ4v) is 2.06. The van der Waals surface area contributed by atoms with Crippen LogP contribution in [-0.2, 0) is 4.79 Å². The molecule has 0 saturated carbocycles. The van der Waals surface area contributed by atoms with Gasteiger partial charge in [0.05, 0.1) is 0 Å². The Balaban J connectivity index is 2.15. The lowest BCUT2D eigenvalue weighted by Gasteiger charge is -2.13. The van der Waals surface area contributed by atoms with Gasteiger partial charge in [-0.05, 0) is 44.2 Å². The molecule has 0 radical (unpaired) electrons. The quantitative estimate of drug-likeness (QED) is 0.608. The first-order chi connectivity index (χ1) is 10.5. The third kappa shape index (κ3) is 7.43. The molecule has 6 heteroatoms. The molecule has 5 nitrogen and oxygen atoms in total. The van der Waals surface area contributed by atoms with E-state index in [2.05, 4.69) is 16.0 Å². The number of nitrogens with one attached hydrogen (secondary N) is 3. The van der Waals surface area contributed by atoms with Crippen LogP contribution in [0.15, 0.2) is 24.3 Å². The number of likely N-dealkylation sites (N-methyl/N-ethyl adjacent to an activating group) is 1. The predicted octanol–water partition coefficient (Wildman–Crippen LogP) is 1.96. The number of halogens is 1. The fourth-order valence-electron chi connectivity index (χ4n) is 1.93. The summed E-state index contributed by atoms with van der Waals surface area (Å²) >= 11 is 5.77. The van der Waals surface area contributed by atoms with Crippen LogP contribution in [0.2, 0.25) is 5.02 Å². The van der Waals surface area contributed by atoms with Gasteiger partial charge in [-0.15, -0.1) is 0 Å². The molecule has 0 aliphatic heterocycles. The van der Waals surface area contributed by atoms with Crippen LogP contribution in [0.1, 0.15) is 37.0 Å². The van der Waals surface area contributed by atoms with E-state index in [1.807, 2.05) is 13.8 Å². The first-order valence-electron chi connectivity index (χ1n) is 7.56. The maximum atomic E-state index is 11.8. The van der Waals surface area contributed by atoms with Crippen LogP contribution in [0.5, 0.6) is 0 Å². The Morgan fingerprint density at radius 1 is 1.18 bits per heavy atom. The van der Waals surface area contributed by atoms with E-state index < -0.39 is 0 Å². The Morgan fingerprint density at radius 2 is 1.86 bits per heavy atom. The van der Waals surface area contributed by atoms with Crippen LogP contribution in [-0.4, -0.2) is 37.5 Å². The van der Waals surface area contributed by atoms with E-state index >= 15 is 0 Å². The standard InChI is InChI=1S/C16H24ClN3O2/c1-3-18-12(2)11-20-15(21)5-4-10-19-16(22)13-6-8-14(17)9-7-13/h6-9,12,18H,3-5,10-11H2,1-2H3,(H,19,22)(H,20,21)/t12-/m1/s1. The Hall–Kier alpha value is -1.59. The van der Waals surface area contributed by atoms with Crippen molar-refractivity contribution >= 4 is 23.4 Å². The van der Waals surface area contributed by atoms with Crippen molar-refractivity contribution in [3.8, 4) is 0 Å². The van der Waals surface area contributed by atoms with E-state index in [-0.39, 0.29) is 17.9 Å². The summed E-state index contributed by atoms with van der Waals surface area (Å²) in [5, 5.41) is 9.47. The highest BCUT2D eigenvalue weighted by atomic mass is 35.5. The number of hydrogen-bond donors (Lipinski definition) is 3. The van der Waals surface area contributed by atoms with Gasteiger partial charge in [-0.2, -0.15) is 0 Å². The van der Waals surface area contributed by atoms with Crippen molar-refractivity contribution in [1.29, 1.82) is 0 Å². The van der Waals surface area contributed by atoms with Gasteiger partial charge in [-0.25, -0.2) is 0 Å². The molecule has 0 unspecified atom stereocenters. The van der Waals surface area contributed by atoms with Gasteiger partial charge in [0.2, 0.25) is 5.91 Å². The van der Waals surface area contributed by atoms with Gasteiger partial charge < -0.3 is 16.0 Å². The first kappa shape index (κ1) is 18.5.